The summed E-state index contributed by atoms with van der Waals surface area (Å²) in [7, 11) is 0. The van der Waals surface area contributed by atoms with E-state index in [0.717, 1.165) is 27.5 Å². The van der Waals surface area contributed by atoms with E-state index in [1.165, 1.54) is 11.3 Å². The number of carboxylic acid groups (broad SMARTS) is 1. The highest BCUT2D eigenvalue weighted by molar-refractivity contribution is 7.17. The second kappa shape index (κ2) is 6.72. The molecule has 1 aromatic carbocycles. The van der Waals surface area contributed by atoms with E-state index in [9.17, 15) is 9.90 Å². The molecule has 0 bridgehead atoms. The van der Waals surface area contributed by atoms with Crippen molar-refractivity contribution < 1.29 is 14.6 Å². The fraction of sp³-hybridized carbons (Fsp3) is 0.263. The quantitative estimate of drug-likeness (QED) is 0.656. The van der Waals surface area contributed by atoms with Gasteiger partial charge >= 0.3 is 5.97 Å². The van der Waals surface area contributed by atoms with Crippen LogP contribution in [0.2, 0.25) is 0 Å². The van der Waals surface area contributed by atoms with Crippen molar-refractivity contribution in [3.8, 4) is 17.0 Å². The van der Waals surface area contributed by atoms with Gasteiger partial charge in [-0.25, -0.2) is 9.78 Å². The molecule has 0 amide bonds. The molecule has 0 aliphatic rings. The summed E-state index contributed by atoms with van der Waals surface area (Å²) in [5, 5.41) is 9.65. The number of aromatic carboxylic acids is 1. The van der Waals surface area contributed by atoms with Gasteiger partial charge < -0.3 is 9.84 Å². The molecule has 6 heteroatoms. The van der Waals surface area contributed by atoms with Gasteiger partial charge in [-0.3, -0.25) is 4.40 Å². The third-order valence-electron chi connectivity index (χ3n) is 3.87. The molecule has 0 unspecified atom stereocenters. The average molecular weight is 356 g/mol. The SMILES string of the molecule is C=C(C)COc1ccc(-c2c(C)sc3nc(CC)c(C(=O)O)n23)cc1. The topological polar surface area (TPSA) is 63.8 Å². The maximum atomic E-state index is 11.8. The Morgan fingerprint density at radius 2 is 2.04 bits per heavy atom. The lowest BCUT2D eigenvalue weighted by atomic mass is 10.1. The Kier molecular flexibility index (Phi) is 4.63. The minimum Gasteiger partial charge on any atom is -0.489 e. The number of nitrogens with zero attached hydrogens (tertiary/aromatic N) is 2. The molecular weight excluding hydrogens is 336 g/mol. The Balaban J connectivity index is 2.09. The second-order valence-electron chi connectivity index (χ2n) is 5.96. The van der Waals surface area contributed by atoms with E-state index in [0.29, 0.717) is 23.7 Å². The van der Waals surface area contributed by atoms with Crippen molar-refractivity contribution in [1.29, 1.82) is 0 Å². The normalized spacial score (nSPS) is 11.0. The predicted octanol–water partition coefficient (Wildman–Crippen LogP) is 4.59. The van der Waals surface area contributed by atoms with Crippen molar-refractivity contribution >= 4 is 22.3 Å². The van der Waals surface area contributed by atoms with Crippen LogP contribution in [0.15, 0.2) is 36.4 Å². The highest BCUT2D eigenvalue weighted by atomic mass is 32.1. The van der Waals surface area contributed by atoms with Crippen LogP contribution in [-0.4, -0.2) is 27.1 Å². The van der Waals surface area contributed by atoms with E-state index in [1.54, 1.807) is 4.40 Å². The number of carbonyl (C=O) groups is 1. The molecule has 2 heterocycles. The Morgan fingerprint density at radius 1 is 1.36 bits per heavy atom. The zero-order chi connectivity index (χ0) is 18.1. The van der Waals surface area contributed by atoms with E-state index in [2.05, 4.69) is 11.6 Å². The van der Waals surface area contributed by atoms with Crippen molar-refractivity contribution in [3.63, 3.8) is 0 Å². The summed E-state index contributed by atoms with van der Waals surface area (Å²) in [4.78, 5) is 18.0. The van der Waals surface area contributed by atoms with Gasteiger partial charge in [-0.05, 0) is 55.7 Å². The molecule has 0 fully saturated rings. The van der Waals surface area contributed by atoms with Gasteiger partial charge in [0.1, 0.15) is 12.4 Å². The highest BCUT2D eigenvalue weighted by Crippen LogP contribution is 2.34. The van der Waals surface area contributed by atoms with Crippen molar-refractivity contribution in [2.24, 2.45) is 0 Å². The summed E-state index contributed by atoms with van der Waals surface area (Å²) < 4.78 is 7.39. The lowest BCUT2D eigenvalue weighted by Crippen LogP contribution is -2.06. The molecule has 1 N–H and O–H groups in total. The Hall–Kier alpha value is -2.60. The molecule has 3 aromatic rings. The van der Waals surface area contributed by atoms with Gasteiger partial charge in [-0.2, -0.15) is 0 Å². The zero-order valence-electron chi connectivity index (χ0n) is 14.5. The molecule has 0 saturated carbocycles. The van der Waals surface area contributed by atoms with Crippen LogP contribution >= 0.6 is 11.3 Å². The maximum Gasteiger partial charge on any atom is 0.354 e. The standard InChI is InChI=1S/C19H20N2O3S/c1-5-15-17(18(22)23)21-16(12(4)25-19(21)20-15)13-6-8-14(9-7-13)24-10-11(2)3/h6-9H,2,5,10H2,1,3-4H3,(H,22,23). The van der Waals surface area contributed by atoms with Gasteiger partial charge in [-0.1, -0.05) is 13.5 Å². The number of thiazole rings is 1. The summed E-state index contributed by atoms with van der Waals surface area (Å²) in [6, 6.07) is 7.66. The smallest absolute Gasteiger partial charge is 0.354 e. The number of benzene rings is 1. The first-order valence-corrected chi connectivity index (χ1v) is 8.85. The number of aromatic nitrogens is 2. The summed E-state index contributed by atoms with van der Waals surface area (Å²) in [6.45, 7) is 10.1. The largest absolute Gasteiger partial charge is 0.489 e. The first kappa shape index (κ1) is 17.2. The van der Waals surface area contributed by atoms with Crippen LogP contribution in [0.25, 0.3) is 16.2 Å². The third-order valence-corrected chi connectivity index (χ3v) is 4.83. The first-order valence-electron chi connectivity index (χ1n) is 8.04. The number of imidazole rings is 1. The highest BCUT2D eigenvalue weighted by Gasteiger charge is 2.23. The van der Waals surface area contributed by atoms with Crippen LogP contribution in [-0.2, 0) is 6.42 Å². The van der Waals surface area contributed by atoms with Gasteiger partial charge in [0.05, 0.1) is 11.4 Å². The van der Waals surface area contributed by atoms with E-state index in [1.807, 2.05) is 45.0 Å². The molecule has 130 valence electrons. The minimum absolute atomic E-state index is 0.249. The van der Waals surface area contributed by atoms with Crippen LogP contribution < -0.4 is 4.74 Å². The van der Waals surface area contributed by atoms with Gasteiger partial charge in [0.25, 0.3) is 0 Å². The molecule has 0 saturated heterocycles. The summed E-state index contributed by atoms with van der Waals surface area (Å²) in [5.41, 5.74) is 3.63. The molecule has 3 rings (SSSR count). The number of ether oxygens (including phenoxy) is 1. The molecule has 0 aliphatic heterocycles. The number of hydrogen-bond acceptors (Lipinski definition) is 4. The fourth-order valence-electron chi connectivity index (χ4n) is 2.78. The number of aryl methyl sites for hydroxylation is 2. The van der Waals surface area contributed by atoms with Crippen molar-refractivity contribution in [3.05, 3.63) is 52.7 Å². The van der Waals surface area contributed by atoms with Gasteiger partial charge in [0, 0.05) is 4.88 Å². The molecule has 0 radical (unpaired) electrons. The zero-order valence-corrected chi connectivity index (χ0v) is 15.3. The van der Waals surface area contributed by atoms with E-state index < -0.39 is 5.97 Å². The van der Waals surface area contributed by atoms with Crippen LogP contribution in [0, 0.1) is 6.92 Å². The third kappa shape index (κ3) is 3.17. The summed E-state index contributed by atoms with van der Waals surface area (Å²) in [5.74, 6) is -0.195. The molecule has 5 nitrogen and oxygen atoms in total. The summed E-state index contributed by atoms with van der Waals surface area (Å²) >= 11 is 1.51. The number of hydrogen-bond donors (Lipinski definition) is 1. The minimum atomic E-state index is -0.954. The lowest BCUT2D eigenvalue weighted by Gasteiger charge is -2.08. The number of fused-ring (bicyclic) bond motifs is 1. The number of carboxylic acids is 1. The van der Waals surface area contributed by atoms with E-state index in [4.69, 9.17) is 4.74 Å². The molecule has 0 spiro atoms. The first-order chi connectivity index (χ1) is 11.9. The van der Waals surface area contributed by atoms with Gasteiger partial charge in [0.15, 0.2) is 10.7 Å². The Labute approximate surface area is 150 Å². The van der Waals surface area contributed by atoms with Crippen LogP contribution in [0.3, 0.4) is 0 Å². The van der Waals surface area contributed by atoms with Crippen LogP contribution in [0.5, 0.6) is 5.75 Å². The maximum absolute atomic E-state index is 11.8. The lowest BCUT2D eigenvalue weighted by molar-refractivity contribution is 0.0688. The fourth-order valence-corrected chi connectivity index (χ4v) is 3.78. The van der Waals surface area contributed by atoms with Crippen LogP contribution in [0.4, 0.5) is 0 Å². The average Bonchev–Trinajstić information content (AvgIpc) is 3.07. The Bertz CT molecular complexity index is 951. The Morgan fingerprint density at radius 3 is 2.60 bits per heavy atom. The molecular formula is C19H20N2O3S. The van der Waals surface area contributed by atoms with Gasteiger partial charge in [0.2, 0.25) is 0 Å². The molecule has 2 aromatic heterocycles. The number of rotatable bonds is 6. The molecule has 0 atom stereocenters. The predicted molar refractivity (Wildman–Crippen MR) is 99.9 cm³/mol. The van der Waals surface area contributed by atoms with Crippen LogP contribution in [0.1, 0.15) is 34.9 Å². The molecule has 25 heavy (non-hydrogen) atoms. The monoisotopic (exact) mass is 356 g/mol. The van der Waals surface area contributed by atoms with Crippen molar-refractivity contribution in [2.75, 3.05) is 6.61 Å². The van der Waals surface area contributed by atoms with Crippen molar-refractivity contribution in [1.82, 2.24) is 9.38 Å². The summed E-state index contributed by atoms with van der Waals surface area (Å²) in [6.07, 6.45) is 0.586. The van der Waals surface area contributed by atoms with E-state index >= 15 is 0 Å². The second-order valence-corrected chi connectivity index (χ2v) is 7.14. The van der Waals surface area contributed by atoms with E-state index in [-0.39, 0.29) is 5.69 Å². The van der Waals surface area contributed by atoms with Crippen molar-refractivity contribution in [2.45, 2.75) is 27.2 Å². The van der Waals surface area contributed by atoms with Gasteiger partial charge in [-0.15, -0.1) is 11.3 Å². The molecule has 0 aliphatic carbocycles.